The van der Waals surface area contributed by atoms with E-state index in [0.29, 0.717) is 6.54 Å². The van der Waals surface area contributed by atoms with Crippen LogP contribution >= 0.6 is 11.8 Å². The second kappa shape index (κ2) is 7.52. The fourth-order valence-corrected chi connectivity index (χ4v) is 7.69. The molecule has 3 heterocycles. The molecule has 0 aromatic carbocycles. The van der Waals surface area contributed by atoms with Crippen molar-refractivity contribution in [1.29, 1.82) is 0 Å². The van der Waals surface area contributed by atoms with Crippen molar-refractivity contribution in [2.24, 2.45) is 11.8 Å². The Labute approximate surface area is 171 Å². The maximum Gasteiger partial charge on any atom is 0.244 e. The number of hydrogen-bond acceptors (Lipinski definition) is 5. The van der Waals surface area contributed by atoms with Gasteiger partial charge in [-0.05, 0) is 47.0 Å². The molecule has 3 N–H and O–H groups in total. The number of nitrogens with one attached hydrogen (secondary N) is 2. The summed E-state index contributed by atoms with van der Waals surface area (Å²) >= 11 is 1.65. The lowest BCUT2D eigenvalue weighted by molar-refractivity contribution is -0.143. The first kappa shape index (κ1) is 21.4. The highest BCUT2D eigenvalue weighted by Crippen LogP contribution is 2.71. The molecule has 6 atom stereocenters. The van der Waals surface area contributed by atoms with Gasteiger partial charge in [0, 0.05) is 17.3 Å². The van der Waals surface area contributed by atoms with Crippen LogP contribution in [0.5, 0.6) is 0 Å². The van der Waals surface area contributed by atoms with Gasteiger partial charge in [0.2, 0.25) is 17.7 Å². The Bertz CT molecular complexity index is 672. The number of carbonyl (C=O) groups is 3. The molecular weight excluding hydrogens is 378 g/mol. The van der Waals surface area contributed by atoms with Crippen molar-refractivity contribution < 1.29 is 19.5 Å². The second-order valence-electron chi connectivity index (χ2n) is 8.96. The summed E-state index contributed by atoms with van der Waals surface area (Å²) in [5, 5.41) is 15.7. The average Bonchev–Trinajstić information content (AvgIpc) is 3.19. The van der Waals surface area contributed by atoms with Crippen molar-refractivity contribution in [2.45, 2.75) is 81.5 Å². The van der Waals surface area contributed by atoms with Gasteiger partial charge in [-0.2, -0.15) is 0 Å². The van der Waals surface area contributed by atoms with Crippen LogP contribution in [0, 0.1) is 11.8 Å². The van der Waals surface area contributed by atoms with Gasteiger partial charge in [0.25, 0.3) is 0 Å². The second-order valence-corrected chi connectivity index (χ2v) is 10.9. The largest absolute Gasteiger partial charge is 0.394 e. The fourth-order valence-electron chi connectivity index (χ4n) is 5.35. The van der Waals surface area contributed by atoms with Gasteiger partial charge in [0.05, 0.1) is 29.2 Å². The molecule has 3 saturated heterocycles. The van der Waals surface area contributed by atoms with Gasteiger partial charge in [0.1, 0.15) is 6.04 Å². The first-order valence-electron chi connectivity index (χ1n) is 10.3. The van der Waals surface area contributed by atoms with E-state index in [1.54, 1.807) is 23.6 Å². The number of fused-ring (bicyclic) bond motifs is 1. The summed E-state index contributed by atoms with van der Waals surface area (Å²) in [7, 11) is 0. The molecule has 0 saturated carbocycles. The predicted octanol–water partition coefficient (Wildman–Crippen LogP) is 0.899. The predicted molar refractivity (Wildman–Crippen MR) is 109 cm³/mol. The highest BCUT2D eigenvalue weighted by atomic mass is 32.2. The number of thioether (sulfide) groups is 1. The van der Waals surface area contributed by atoms with Crippen LogP contribution in [0.1, 0.15) is 53.9 Å². The first-order chi connectivity index (χ1) is 13.1. The van der Waals surface area contributed by atoms with Crippen molar-refractivity contribution in [3.63, 3.8) is 0 Å². The first-order valence-corrected chi connectivity index (χ1v) is 11.2. The van der Waals surface area contributed by atoms with Crippen molar-refractivity contribution in [3.05, 3.63) is 0 Å². The van der Waals surface area contributed by atoms with Gasteiger partial charge in [-0.3, -0.25) is 14.4 Å². The van der Waals surface area contributed by atoms with Crippen molar-refractivity contribution in [3.8, 4) is 0 Å². The van der Waals surface area contributed by atoms with Crippen molar-refractivity contribution in [1.82, 2.24) is 15.5 Å². The topological polar surface area (TPSA) is 98.7 Å². The lowest BCUT2D eigenvalue weighted by Gasteiger charge is -2.36. The van der Waals surface area contributed by atoms with Gasteiger partial charge in [-0.15, -0.1) is 11.8 Å². The molecule has 158 valence electrons. The minimum absolute atomic E-state index is 0.0489. The number of hydrogen-bond donors (Lipinski definition) is 3. The van der Waals surface area contributed by atoms with Crippen LogP contribution in [-0.2, 0) is 14.4 Å². The molecule has 28 heavy (non-hydrogen) atoms. The van der Waals surface area contributed by atoms with E-state index >= 15 is 0 Å². The highest BCUT2D eigenvalue weighted by molar-refractivity contribution is 8.02. The van der Waals surface area contributed by atoms with E-state index < -0.39 is 28.7 Å². The normalized spacial score (nSPS) is 37.3. The van der Waals surface area contributed by atoms with E-state index in [1.165, 1.54) is 0 Å². The zero-order valence-electron chi connectivity index (χ0n) is 17.4. The van der Waals surface area contributed by atoms with Crippen LogP contribution in [-0.4, -0.2) is 68.5 Å². The molecule has 7 nitrogen and oxygen atoms in total. The molecule has 3 aliphatic rings. The van der Waals surface area contributed by atoms with Crippen LogP contribution in [0.2, 0.25) is 0 Å². The quantitative estimate of drug-likeness (QED) is 0.578. The molecule has 3 rings (SSSR count). The van der Waals surface area contributed by atoms with Gasteiger partial charge in [-0.25, -0.2) is 0 Å². The molecule has 1 spiro atoms. The summed E-state index contributed by atoms with van der Waals surface area (Å²) in [6.45, 7) is 9.97. The molecule has 8 heteroatoms. The molecule has 0 radical (unpaired) electrons. The number of likely N-dealkylation sites (tertiary alicyclic amines) is 1. The third-order valence-electron chi connectivity index (χ3n) is 6.46. The molecule has 0 aromatic heterocycles. The van der Waals surface area contributed by atoms with Gasteiger partial charge in [0.15, 0.2) is 0 Å². The fraction of sp³-hybridized carbons (Fsp3) is 0.850. The van der Waals surface area contributed by atoms with Crippen LogP contribution in [0.15, 0.2) is 0 Å². The number of rotatable bonds is 7. The summed E-state index contributed by atoms with van der Waals surface area (Å²) in [4.78, 5) is 41.4. The Morgan fingerprint density at radius 1 is 1.29 bits per heavy atom. The number of aliphatic hydroxyl groups excluding tert-OH is 1. The maximum atomic E-state index is 13.5. The number of carbonyl (C=O) groups excluding carboxylic acids is 3. The number of amides is 3. The molecule has 0 aromatic rings. The summed E-state index contributed by atoms with van der Waals surface area (Å²) < 4.78 is -0.953. The molecule has 3 amide bonds. The van der Waals surface area contributed by atoms with Crippen LogP contribution in [0.4, 0.5) is 0 Å². The monoisotopic (exact) mass is 411 g/mol. The van der Waals surface area contributed by atoms with Crippen molar-refractivity contribution in [2.75, 3.05) is 13.2 Å². The van der Waals surface area contributed by atoms with Crippen LogP contribution in [0.3, 0.4) is 0 Å². The minimum Gasteiger partial charge on any atom is -0.394 e. The minimum atomic E-state index is -0.662. The summed E-state index contributed by atoms with van der Waals surface area (Å²) in [6.07, 6.45) is 2.37. The Hall–Kier alpha value is -1.28. The molecule has 2 bridgehead atoms. The standard InChI is InChI=1S/C20H33N3O4S/c1-6-9-21-16(25)13-14-18(27)23(12(4)10-24)15(17(26)22-11(2)3)20(14)8-7-19(13,5)28-20/h11-15,24H,6-10H2,1-5H3,(H,21,25)(H,22,26)/t12-,13-,14+,15?,19+,20?/m1/s1. The SMILES string of the molecule is CCCNC(=O)[C@H]1[C@H]2C(=O)N([C@H](C)CO)C(C(=O)NC(C)C)C23CC[C@]1(C)S3. The Balaban J connectivity index is 2.04. The zero-order valence-corrected chi connectivity index (χ0v) is 18.3. The van der Waals surface area contributed by atoms with Gasteiger partial charge >= 0.3 is 0 Å². The van der Waals surface area contributed by atoms with Crippen LogP contribution in [0.25, 0.3) is 0 Å². The Morgan fingerprint density at radius 3 is 2.54 bits per heavy atom. The van der Waals surface area contributed by atoms with E-state index in [-0.39, 0.29) is 35.1 Å². The lowest BCUT2D eigenvalue weighted by Crippen LogP contribution is -2.57. The summed E-state index contributed by atoms with van der Waals surface area (Å²) in [5.41, 5.74) is 0. The summed E-state index contributed by atoms with van der Waals surface area (Å²) in [6, 6.07) is -1.18. The molecule has 2 unspecified atom stereocenters. The lowest BCUT2D eigenvalue weighted by atomic mass is 9.66. The zero-order chi connectivity index (χ0) is 20.9. The number of aliphatic hydroxyl groups is 1. The average molecular weight is 412 g/mol. The van der Waals surface area contributed by atoms with Gasteiger partial charge in [-0.1, -0.05) is 6.92 Å². The van der Waals surface area contributed by atoms with Crippen molar-refractivity contribution >= 4 is 29.5 Å². The Kier molecular flexibility index (Phi) is 5.75. The van der Waals surface area contributed by atoms with Gasteiger partial charge < -0.3 is 20.6 Å². The van der Waals surface area contributed by atoms with E-state index in [2.05, 4.69) is 17.6 Å². The van der Waals surface area contributed by atoms with E-state index in [1.807, 2.05) is 20.8 Å². The molecule has 0 aliphatic carbocycles. The third-order valence-corrected chi connectivity index (χ3v) is 8.45. The van der Waals surface area contributed by atoms with E-state index in [9.17, 15) is 19.5 Å². The highest BCUT2D eigenvalue weighted by Gasteiger charge is 2.77. The molecular formula is C20H33N3O4S. The van der Waals surface area contributed by atoms with Crippen LogP contribution < -0.4 is 10.6 Å². The number of nitrogens with zero attached hydrogens (tertiary/aromatic N) is 1. The smallest absolute Gasteiger partial charge is 0.244 e. The van der Waals surface area contributed by atoms with E-state index in [4.69, 9.17) is 0 Å². The summed E-state index contributed by atoms with van der Waals surface area (Å²) in [5.74, 6) is -1.41. The maximum absolute atomic E-state index is 13.5. The van der Waals surface area contributed by atoms with E-state index in [0.717, 1.165) is 19.3 Å². The third kappa shape index (κ3) is 3.03. The Morgan fingerprint density at radius 2 is 1.96 bits per heavy atom. The molecule has 3 fully saturated rings. The molecule has 3 aliphatic heterocycles.